The second kappa shape index (κ2) is 10.9. The van der Waals surface area contributed by atoms with Crippen molar-refractivity contribution >= 4 is 50.0 Å². The second-order valence-corrected chi connectivity index (χ2v) is 11.3. The summed E-state index contributed by atoms with van der Waals surface area (Å²) in [7, 11) is -2.71. The van der Waals surface area contributed by atoms with E-state index in [-0.39, 0.29) is 23.8 Å². The van der Waals surface area contributed by atoms with Crippen molar-refractivity contribution in [3.63, 3.8) is 0 Å². The number of H-pyrrole nitrogens is 1. The Labute approximate surface area is 231 Å². The maximum Gasteiger partial charge on any atom is 0.252 e. The quantitative estimate of drug-likeness (QED) is 0.301. The summed E-state index contributed by atoms with van der Waals surface area (Å²) < 4.78 is 34.3. The number of aromatic nitrogens is 1. The van der Waals surface area contributed by atoms with Gasteiger partial charge in [0.15, 0.2) is 0 Å². The maximum atomic E-state index is 14.0. The van der Waals surface area contributed by atoms with Crippen molar-refractivity contribution in [2.45, 2.75) is 30.7 Å². The van der Waals surface area contributed by atoms with E-state index in [1.54, 1.807) is 24.3 Å². The van der Waals surface area contributed by atoms with Crippen LogP contribution in [0.5, 0.6) is 5.75 Å². The van der Waals surface area contributed by atoms with Crippen molar-refractivity contribution in [1.29, 1.82) is 0 Å². The molecule has 1 aromatic heterocycles. The van der Waals surface area contributed by atoms with Gasteiger partial charge in [0.1, 0.15) is 11.8 Å². The zero-order chi connectivity index (χ0) is 28.4. The molecule has 1 unspecified atom stereocenters. The van der Waals surface area contributed by atoms with Crippen molar-refractivity contribution in [3.8, 4) is 5.75 Å². The Morgan fingerprint density at radius 2 is 1.75 bits per heavy atom. The van der Waals surface area contributed by atoms with E-state index in [1.165, 1.54) is 38.3 Å². The van der Waals surface area contributed by atoms with Gasteiger partial charge in [-0.25, -0.2) is 13.3 Å². The number of benzene rings is 3. The summed E-state index contributed by atoms with van der Waals surface area (Å²) in [5.41, 5.74) is 2.58. The van der Waals surface area contributed by atoms with E-state index in [9.17, 15) is 22.8 Å². The molecule has 0 saturated carbocycles. The summed E-state index contributed by atoms with van der Waals surface area (Å²) in [5, 5.41) is 3.56. The molecule has 0 spiro atoms. The van der Waals surface area contributed by atoms with E-state index in [1.807, 2.05) is 30.5 Å². The number of aromatic amines is 1. The number of sulfonamides is 1. The summed E-state index contributed by atoms with van der Waals surface area (Å²) in [4.78, 5) is 42.3. The number of amides is 3. The molecule has 206 valence electrons. The first-order valence-electron chi connectivity index (χ1n) is 12.6. The van der Waals surface area contributed by atoms with Crippen LogP contribution < -0.4 is 15.0 Å². The number of nitrogens with zero attached hydrogens (tertiary/aromatic N) is 2. The molecule has 5 rings (SSSR count). The highest BCUT2D eigenvalue weighted by molar-refractivity contribution is 7.89. The van der Waals surface area contributed by atoms with Crippen LogP contribution in [0.1, 0.15) is 18.9 Å². The third-order valence-electron chi connectivity index (χ3n) is 6.86. The average Bonchev–Trinajstić information content (AvgIpc) is 3.48. The Kier molecular flexibility index (Phi) is 7.42. The predicted molar refractivity (Wildman–Crippen MR) is 151 cm³/mol. The number of carbonyl (C=O) groups excluding carboxylic acids is 3. The summed E-state index contributed by atoms with van der Waals surface area (Å²) in [6, 6.07) is 18.6. The van der Waals surface area contributed by atoms with Gasteiger partial charge in [-0.1, -0.05) is 18.2 Å². The van der Waals surface area contributed by atoms with E-state index < -0.39 is 27.9 Å². The lowest BCUT2D eigenvalue weighted by Crippen LogP contribution is -2.46. The Hall–Kier alpha value is -4.48. The molecule has 1 aliphatic heterocycles. The minimum Gasteiger partial charge on any atom is -0.497 e. The van der Waals surface area contributed by atoms with Gasteiger partial charge in [-0.05, 0) is 66.6 Å². The van der Waals surface area contributed by atoms with Gasteiger partial charge in [0.2, 0.25) is 21.8 Å². The van der Waals surface area contributed by atoms with Gasteiger partial charge in [-0.3, -0.25) is 14.4 Å². The van der Waals surface area contributed by atoms with Gasteiger partial charge in [-0.15, -0.1) is 0 Å². The lowest BCUT2D eigenvalue weighted by Gasteiger charge is -2.27. The fourth-order valence-electron chi connectivity index (χ4n) is 4.90. The number of para-hydroxylation sites is 1. The predicted octanol–water partition coefficient (Wildman–Crippen LogP) is 3.70. The van der Waals surface area contributed by atoms with Crippen LogP contribution in [0.25, 0.3) is 10.9 Å². The number of fused-ring (bicyclic) bond motifs is 1. The van der Waals surface area contributed by atoms with E-state index in [4.69, 9.17) is 4.74 Å². The molecule has 11 heteroatoms. The van der Waals surface area contributed by atoms with Crippen molar-refractivity contribution < 1.29 is 27.5 Å². The number of methoxy groups -OCH3 is 1. The van der Waals surface area contributed by atoms with Crippen LogP contribution in [0.3, 0.4) is 0 Å². The van der Waals surface area contributed by atoms with E-state index >= 15 is 0 Å². The maximum absolute atomic E-state index is 14.0. The van der Waals surface area contributed by atoms with Crippen molar-refractivity contribution in [2.24, 2.45) is 0 Å². The normalized spacial score (nSPS) is 15.7. The molecule has 4 aromatic rings. The van der Waals surface area contributed by atoms with Gasteiger partial charge < -0.3 is 15.0 Å². The van der Waals surface area contributed by atoms with Gasteiger partial charge in [0.25, 0.3) is 5.91 Å². The van der Waals surface area contributed by atoms with Crippen LogP contribution in [0.4, 0.5) is 11.4 Å². The summed E-state index contributed by atoms with van der Waals surface area (Å²) in [5.74, 6) is -0.837. The number of carbonyl (C=O) groups is 3. The van der Waals surface area contributed by atoms with Crippen molar-refractivity contribution in [1.82, 2.24) is 9.29 Å². The van der Waals surface area contributed by atoms with Crippen LogP contribution in [0.2, 0.25) is 0 Å². The number of anilines is 2. The number of rotatable bonds is 9. The molecule has 1 saturated heterocycles. The summed E-state index contributed by atoms with van der Waals surface area (Å²) in [6.07, 6.45) is 1.85. The fraction of sp³-hybridized carbons (Fsp3) is 0.207. The smallest absolute Gasteiger partial charge is 0.252 e. The summed E-state index contributed by atoms with van der Waals surface area (Å²) in [6.45, 7) is 1.33. The topological polar surface area (TPSA) is 129 Å². The van der Waals surface area contributed by atoms with Crippen LogP contribution in [0, 0.1) is 0 Å². The minimum absolute atomic E-state index is 0.0300. The molecular formula is C29H28N4O6S. The molecule has 2 heterocycles. The Balaban J connectivity index is 1.49. The third kappa shape index (κ3) is 5.21. The van der Waals surface area contributed by atoms with Crippen LogP contribution in [-0.2, 0) is 30.8 Å². The fourth-order valence-corrected chi connectivity index (χ4v) is 6.49. The lowest BCUT2D eigenvalue weighted by molar-refractivity contribution is -0.122. The van der Waals surface area contributed by atoms with Gasteiger partial charge >= 0.3 is 0 Å². The first kappa shape index (κ1) is 27.1. The molecule has 0 bridgehead atoms. The second-order valence-electron chi connectivity index (χ2n) is 9.42. The molecule has 0 radical (unpaired) electrons. The van der Waals surface area contributed by atoms with E-state index in [0.29, 0.717) is 23.5 Å². The zero-order valence-corrected chi connectivity index (χ0v) is 22.8. The third-order valence-corrected chi connectivity index (χ3v) is 8.78. The molecule has 1 aliphatic rings. The first-order chi connectivity index (χ1) is 19.2. The average molecular weight is 561 g/mol. The molecule has 3 aromatic carbocycles. The zero-order valence-electron chi connectivity index (χ0n) is 22.0. The van der Waals surface area contributed by atoms with Crippen LogP contribution >= 0.6 is 0 Å². The highest BCUT2D eigenvalue weighted by atomic mass is 32.2. The molecule has 0 aliphatic carbocycles. The number of ether oxygens (including phenoxy) is 1. The van der Waals surface area contributed by atoms with Crippen LogP contribution in [0.15, 0.2) is 83.9 Å². The molecule has 1 atom stereocenters. The largest absolute Gasteiger partial charge is 0.497 e. The molecule has 1 fully saturated rings. The monoisotopic (exact) mass is 560 g/mol. The van der Waals surface area contributed by atoms with Gasteiger partial charge in [-0.2, -0.15) is 4.31 Å². The Bertz CT molecular complexity index is 1680. The SMILES string of the molecule is COc1ccc(N2C(=O)CC(N(CCc3c[nH]c4ccccc34)S(=O)(=O)c3ccc(NC(C)=O)cc3)C2=O)cc1. The van der Waals surface area contributed by atoms with Crippen molar-refractivity contribution in [3.05, 3.63) is 84.6 Å². The number of hydrogen-bond acceptors (Lipinski definition) is 6. The van der Waals surface area contributed by atoms with Crippen molar-refractivity contribution in [2.75, 3.05) is 23.9 Å². The standard InChI is InChI=1S/C29H28N4O6S/c1-19(34)31-21-7-13-24(14-8-21)40(37,38)32(16-15-20-18-30-26-6-4-3-5-25(20)26)27-17-28(35)33(29(27)36)22-9-11-23(39-2)12-10-22/h3-14,18,27,30H,15-17H2,1-2H3,(H,31,34). The van der Waals surface area contributed by atoms with Crippen LogP contribution in [-0.4, -0.2) is 55.1 Å². The molecular weight excluding hydrogens is 532 g/mol. The lowest BCUT2D eigenvalue weighted by atomic mass is 10.1. The first-order valence-corrected chi connectivity index (χ1v) is 14.1. The number of nitrogens with one attached hydrogen (secondary N) is 2. The van der Waals surface area contributed by atoms with Gasteiger partial charge in [0, 0.05) is 36.3 Å². The van der Waals surface area contributed by atoms with Gasteiger partial charge in [0.05, 0.1) is 24.1 Å². The minimum atomic E-state index is -4.22. The summed E-state index contributed by atoms with van der Waals surface area (Å²) >= 11 is 0. The number of hydrogen-bond donors (Lipinski definition) is 2. The number of imide groups is 1. The molecule has 3 amide bonds. The molecule has 10 nitrogen and oxygen atoms in total. The highest BCUT2D eigenvalue weighted by Gasteiger charge is 2.46. The van der Waals surface area contributed by atoms with E-state index in [2.05, 4.69) is 10.3 Å². The molecule has 2 N–H and O–H groups in total. The molecule has 40 heavy (non-hydrogen) atoms. The Morgan fingerprint density at radius 1 is 1.05 bits per heavy atom. The Morgan fingerprint density at radius 3 is 2.42 bits per heavy atom. The van der Waals surface area contributed by atoms with E-state index in [0.717, 1.165) is 25.7 Å². The highest BCUT2D eigenvalue weighted by Crippen LogP contribution is 2.31.